The van der Waals surface area contributed by atoms with Gasteiger partial charge >= 0.3 is 0 Å². The van der Waals surface area contributed by atoms with Crippen LogP contribution >= 0.6 is 0 Å². The van der Waals surface area contributed by atoms with Crippen LogP contribution in [0.2, 0.25) is 0 Å². The van der Waals surface area contributed by atoms with Gasteiger partial charge in [0.15, 0.2) is 0 Å². The van der Waals surface area contributed by atoms with Crippen LogP contribution in [0.25, 0.3) is 22.3 Å². The maximum atomic E-state index is 9.35. The quantitative estimate of drug-likeness (QED) is 0.377. The average molecular weight is 434 g/mol. The van der Waals surface area contributed by atoms with Crippen LogP contribution in [0, 0.1) is 28.1 Å². The molecule has 1 aliphatic rings. The Morgan fingerprint density at radius 2 is 0.735 bits per heavy atom. The highest BCUT2D eigenvalue weighted by Crippen LogP contribution is 2.49. The molecule has 0 spiro atoms. The van der Waals surface area contributed by atoms with E-state index < -0.39 is 0 Å². The van der Waals surface area contributed by atoms with Crippen LogP contribution in [0.4, 0.5) is 0 Å². The molecule has 0 saturated heterocycles. The first-order valence-corrected chi connectivity index (χ1v) is 10.9. The van der Waals surface area contributed by atoms with E-state index in [0.717, 1.165) is 44.5 Å². The molecule has 0 amide bonds. The van der Waals surface area contributed by atoms with Crippen LogP contribution in [0.1, 0.15) is 33.4 Å². The summed E-state index contributed by atoms with van der Waals surface area (Å²) < 4.78 is 0. The summed E-state index contributed by atoms with van der Waals surface area (Å²) in [6.07, 6.45) is 0. The van der Waals surface area contributed by atoms with Crippen molar-refractivity contribution in [2.24, 2.45) is 0 Å². The molecule has 1 N–H and O–H groups in total. The van der Waals surface area contributed by atoms with Gasteiger partial charge in [0.25, 0.3) is 0 Å². The van der Waals surface area contributed by atoms with E-state index in [1.165, 1.54) is 0 Å². The van der Waals surface area contributed by atoms with Gasteiger partial charge in [-0.1, -0.05) is 84.9 Å². The molecule has 3 nitrogen and oxygen atoms in total. The molecule has 4 aromatic carbocycles. The summed E-state index contributed by atoms with van der Waals surface area (Å²) >= 11 is 0. The van der Waals surface area contributed by atoms with E-state index in [0.29, 0.717) is 16.8 Å². The summed E-state index contributed by atoms with van der Waals surface area (Å²) in [6.45, 7) is 0. The van der Waals surface area contributed by atoms with E-state index in [1.807, 2.05) is 60.7 Å². The van der Waals surface area contributed by atoms with Gasteiger partial charge in [-0.15, -0.1) is 0 Å². The molecule has 1 aliphatic carbocycles. The lowest BCUT2D eigenvalue weighted by atomic mass is 9.89. The van der Waals surface area contributed by atoms with Crippen molar-refractivity contribution in [1.82, 2.24) is 0 Å². The van der Waals surface area contributed by atoms with E-state index >= 15 is 0 Å². The second-order valence-corrected chi connectivity index (χ2v) is 7.99. The highest BCUT2D eigenvalue weighted by molar-refractivity contribution is 6.60. The van der Waals surface area contributed by atoms with Gasteiger partial charge in [-0.25, -0.2) is 0 Å². The zero-order valence-corrected chi connectivity index (χ0v) is 18.3. The summed E-state index contributed by atoms with van der Waals surface area (Å²) in [5.74, 6) is 0. The van der Waals surface area contributed by atoms with E-state index in [-0.39, 0.29) is 0 Å². The third kappa shape index (κ3) is 3.62. The Labute approximate surface area is 198 Å². The molecule has 3 heteroatoms. The number of hydrogen-bond donors (Lipinski definition) is 1. The number of nitriles is 2. The van der Waals surface area contributed by atoms with Crippen molar-refractivity contribution in [2.75, 3.05) is 0 Å². The second-order valence-electron chi connectivity index (χ2n) is 7.99. The van der Waals surface area contributed by atoms with Gasteiger partial charge in [-0.3, -0.25) is 5.41 Å². The molecule has 0 fully saturated rings. The lowest BCUT2D eigenvalue weighted by Gasteiger charge is -2.14. The van der Waals surface area contributed by atoms with E-state index in [1.54, 1.807) is 24.3 Å². The van der Waals surface area contributed by atoms with Crippen LogP contribution < -0.4 is 0 Å². The highest BCUT2D eigenvalue weighted by atomic mass is 14.5. The van der Waals surface area contributed by atoms with Crippen LogP contribution in [0.5, 0.6) is 0 Å². The van der Waals surface area contributed by atoms with Gasteiger partial charge in [0.05, 0.1) is 29.0 Å². The number of allylic oxidation sites excluding steroid dienone is 4. The standard InChI is InChI=1S/C31H19N3/c32-19-21-11-15-25(16-12-21)29-27(23-7-3-1-4-8-23)28(24-9-5-2-6-10-24)30(31(29)34)26-17-13-22(20-33)14-18-26/h1-18,34H. The van der Waals surface area contributed by atoms with Crippen LogP contribution in [0.3, 0.4) is 0 Å². The summed E-state index contributed by atoms with van der Waals surface area (Å²) in [7, 11) is 0. The Morgan fingerprint density at radius 1 is 0.412 bits per heavy atom. The summed E-state index contributed by atoms with van der Waals surface area (Å²) in [4.78, 5) is 0. The smallest absolute Gasteiger partial charge is 0.0991 e. The maximum absolute atomic E-state index is 9.35. The third-order valence-corrected chi connectivity index (χ3v) is 5.98. The Balaban J connectivity index is 1.84. The molecule has 4 aromatic rings. The molecule has 0 aliphatic heterocycles. The van der Waals surface area contributed by atoms with Crippen molar-refractivity contribution in [3.8, 4) is 12.1 Å². The molecule has 0 atom stereocenters. The minimum atomic E-state index is 0.423. The minimum Gasteiger partial charge on any atom is -0.300 e. The predicted molar refractivity (Wildman–Crippen MR) is 137 cm³/mol. The lowest BCUT2D eigenvalue weighted by molar-refractivity contribution is 1.47. The number of nitrogens with one attached hydrogen (secondary N) is 1. The summed E-state index contributed by atoms with van der Waals surface area (Å²) in [5.41, 5.74) is 9.04. The molecule has 5 rings (SSSR count). The largest absolute Gasteiger partial charge is 0.300 e. The van der Waals surface area contributed by atoms with Crippen molar-refractivity contribution in [2.45, 2.75) is 0 Å². The van der Waals surface area contributed by atoms with Crippen molar-refractivity contribution in [3.05, 3.63) is 143 Å². The first kappa shape index (κ1) is 20.9. The fourth-order valence-electron chi connectivity index (χ4n) is 4.41. The predicted octanol–water partition coefficient (Wildman–Crippen LogP) is 6.99. The van der Waals surface area contributed by atoms with Crippen LogP contribution in [-0.2, 0) is 0 Å². The van der Waals surface area contributed by atoms with Gasteiger partial charge in [-0.05, 0) is 46.5 Å². The monoisotopic (exact) mass is 433 g/mol. The topological polar surface area (TPSA) is 71.4 Å². The minimum absolute atomic E-state index is 0.423. The zero-order valence-electron chi connectivity index (χ0n) is 18.3. The SMILES string of the molecule is N#Cc1ccc(C2=C(c3ccccc3)C(c3ccccc3)=C(c3ccc(C#N)cc3)C2=N)cc1. The number of nitrogens with zero attached hydrogens (tertiary/aromatic N) is 2. The Kier molecular flexibility index (Phi) is 5.45. The van der Waals surface area contributed by atoms with E-state index in [2.05, 4.69) is 36.4 Å². The Bertz CT molecular complexity index is 1410. The first-order valence-electron chi connectivity index (χ1n) is 10.9. The van der Waals surface area contributed by atoms with Crippen molar-refractivity contribution in [1.29, 1.82) is 15.9 Å². The molecule has 0 radical (unpaired) electrons. The molecule has 0 saturated carbocycles. The van der Waals surface area contributed by atoms with Gasteiger partial charge in [0, 0.05) is 22.3 Å². The van der Waals surface area contributed by atoms with Gasteiger partial charge in [-0.2, -0.15) is 10.5 Å². The summed E-state index contributed by atoms with van der Waals surface area (Å²) in [5, 5.41) is 27.9. The average Bonchev–Trinajstić information content (AvgIpc) is 3.22. The van der Waals surface area contributed by atoms with Gasteiger partial charge in [0.1, 0.15) is 0 Å². The molecule has 0 bridgehead atoms. The Morgan fingerprint density at radius 3 is 1.06 bits per heavy atom. The Hall–Kier alpha value is -4.99. The van der Waals surface area contributed by atoms with Gasteiger partial charge < -0.3 is 0 Å². The molecule has 0 unspecified atom stereocenters. The second kappa shape index (κ2) is 8.87. The van der Waals surface area contributed by atoms with Gasteiger partial charge in [0.2, 0.25) is 0 Å². The van der Waals surface area contributed by atoms with Crippen molar-refractivity contribution < 1.29 is 0 Å². The number of benzene rings is 4. The van der Waals surface area contributed by atoms with E-state index in [9.17, 15) is 15.9 Å². The fraction of sp³-hybridized carbons (Fsp3) is 0. The van der Waals surface area contributed by atoms with Crippen LogP contribution in [0.15, 0.2) is 109 Å². The van der Waals surface area contributed by atoms with E-state index in [4.69, 9.17) is 0 Å². The summed E-state index contributed by atoms with van der Waals surface area (Å²) in [6, 6.07) is 39.4. The fourth-order valence-corrected chi connectivity index (χ4v) is 4.41. The number of hydrogen-bond acceptors (Lipinski definition) is 3. The normalized spacial score (nSPS) is 13.1. The van der Waals surface area contributed by atoms with Crippen molar-refractivity contribution in [3.63, 3.8) is 0 Å². The highest BCUT2D eigenvalue weighted by Gasteiger charge is 2.32. The molecule has 0 aromatic heterocycles. The van der Waals surface area contributed by atoms with Crippen LogP contribution in [-0.4, -0.2) is 5.71 Å². The third-order valence-electron chi connectivity index (χ3n) is 5.98. The molecule has 34 heavy (non-hydrogen) atoms. The number of rotatable bonds is 4. The molecular formula is C31H19N3. The lowest BCUT2D eigenvalue weighted by Crippen LogP contribution is -2.01. The first-order chi connectivity index (χ1) is 16.7. The van der Waals surface area contributed by atoms with Crippen molar-refractivity contribution >= 4 is 28.0 Å². The molecule has 0 heterocycles. The molecular weight excluding hydrogens is 414 g/mol. The maximum Gasteiger partial charge on any atom is 0.0991 e. The molecule has 158 valence electrons. The zero-order chi connectivity index (χ0) is 23.5.